The van der Waals surface area contributed by atoms with Crippen molar-refractivity contribution < 1.29 is 13.2 Å². The monoisotopic (exact) mass is 567 g/mol. The molecule has 0 radical (unpaired) electrons. The molecule has 0 aliphatic carbocycles. The van der Waals surface area contributed by atoms with E-state index < -0.39 is 10.0 Å². The minimum Gasteiger partial charge on any atom is -0.350 e. The number of piperazine rings is 2. The maximum atomic E-state index is 13.2. The number of hydrogen-bond donors (Lipinski definition) is 3. The molecule has 2 fully saturated rings. The normalized spacial score (nSPS) is 16.6. The number of carbonyl (C=O) groups is 1. The van der Waals surface area contributed by atoms with Crippen LogP contribution in [0.4, 0.5) is 0 Å². The minimum atomic E-state index is -3.71. The number of benzene rings is 3. The summed E-state index contributed by atoms with van der Waals surface area (Å²) in [5.41, 5.74) is 0.557. The van der Waals surface area contributed by atoms with Gasteiger partial charge in [0.05, 0.1) is 4.90 Å². The number of aromatic nitrogens is 1. The van der Waals surface area contributed by atoms with Crippen LogP contribution in [0.15, 0.2) is 76.4 Å². The van der Waals surface area contributed by atoms with E-state index >= 15 is 0 Å². The van der Waals surface area contributed by atoms with Crippen LogP contribution in [0.2, 0.25) is 5.02 Å². The van der Waals surface area contributed by atoms with Crippen LogP contribution in [0.25, 0.3) is 21.7 Å². The fourth-order valence-corrected chi connectivity index (χ4v) is 6.36. The second-order valence-corrected chi connectivity index (χ2v) is 11.8. The van der Waals surface area contributed by atoms with Gasteiger partial charge in [-0.05, 0) is 47.2 Å². The number of nitrogens with zero attached hydrogens (tertiary/aromatic N) is 2. The number of carbonyl (C=O) groups excluding carboxylic acids is 1. The summed E-state index contributed by atoms with van der Waals surface area (Å²) in [4.78, 5) is 30.1. The molecule has 2 saturated heterocycles. The highest BCUT2D eigenvalue weighted by molar-refractivity contribution is 7.89. The van der Waals surface area contributed by atoms with Crippen molar-refractivity contribution in [3.63, 3.8) is 0 Å². The molecule has 0 bridgehead atoms. The van der Waals surface area contributed by atoms with Crippen LogP contribution >= 0.6 is 11.6 Å². The van der Waals surface area contributed by atoms with Gasteiger partial charge in [0.1, 0.15) is 5.69 Å². The first-order valence-electron chi connectivity index (χ1n) is 12.9. The third-order valence-electron chi connectivity index (χ3n) is 6.86. The molecule has 0 saturated carbocycles. The number of fused-ring (bicyclic) bond motifs is 2. The highest BCUT2D eigenvalue weighted by Gasteiger charge is 2.31. The van der Waals surface area contributed by atoms with E-state index in [1.54, 1.807) is 65.6 Å². The minimum absolute atomic E-state index is 0.171. The maximum absolute atomic E-state index is 13.2. The topological polar surface area (TPSA) is 115 Å². The lowest BCUT2D eigenvalue weighted by molar-refractivity contribution is 0.0692. The molecule has 2 aliphatic heterocycles. The Morgan fingerprint density at radius 1 is 0.795 bits per heavy atom. The molecule has 9 nitrogen and oxygen atoms in total. The first-order valence-corrected chi connectivity index (χ1v) is 14.7. The SMILES string of the molecule is C1CNCCN1.O=C(c1cc(=O)c2ccccc2[nH]1)N1CCN(S(=O)(=O)c2ccc3cc(Cl)ccc3c2)CC1. The van der Waals surface area contributed by atoms with Crippen LogP contribution in [0, 0.1) is 0 Å². The zero-order chi connectivity index (χ0) is 27.4. The predicted octanol–water partition coefficient (Wildman–Crippen LogP) is 2.66. The average Bonchev–Trinajstić information content (AvgIpc) is 2.97. The quantitative estimate of drug-likeness (QED) is 0.351. The van der Waals surface area contributed by atoms with Gasteiger partial charge in [0.2, 0.25) is 10.0 Å². The Labute approximate surface area is 231 Å². The molecule has 0 spiro atoms. The van der Waals surface area contributed by atoms with E-state index in [0.29, 0.717) is 15.9 Å². The van der Waals surface area contributed by atoms with E-state index in [1.807, 2.05) is 0 Å². The number of hydrogen-bond acceptors (Lipinski definition) is 6. The lowest BCUT2D eigenvalue weighted by Crippen LogP contribution is -2.50. The molecular formula is C28H30ClN5O4S. The molecule has 2 aliphatic rings. The fourth-order valence-electron chi connectivity index (χ4n) is 4.72. The molecule has 1 aromatic heterocycles. The van der Waals surface area contributed by atoms with Crippen molar-refractivity contribution in [2.45, 2.75) is 4.90 Å². The number of pyridine rings is 1. The molecule has 0 unspecified atom stereocenters. The van der Waals surface area contributed by atoms with Crippen molar-refractivity contribution >= 4 is 49.2 Å². The molecule has 3 aromatic carbocycles. The second-order valence-electron chi connectivity index (χ2n) is 9.44. The van der Waals surface area contributed by atoms with E-state index in [2.05, 4.69) is 15.6 Å². The summed E-state index contributed by atoms with van der Waals surface area (Å²) in [6, 6.07) is 18.6. The zero-order valence-corrected chi connectivity index (χ0v) is 22.9. The highest BCUT2D eigenvalue weighted by atomic mass is 35.5. The van der Waals surface area contributed by atoms with Crippen molar-refractivity contribution in [1.82, 2.24) is 24.8 Å². The summed E-state index contributed by atoms with van der Waals surface area (Å²) in [7, 11) is -3.71. The number of para-hydroxylation sites is 1. The number of amides is 1. The Morgan fingerprint density at radius 3 is 2.13 bits per heavy atom. The molecule has 6 rings (SSSR count). The van der Waals surface area contributed by atoms with Crippen LogP contribution in [0.1, 0.15) is 10.5 Å². The van der Waals surface area contributed by atoms with Crippen LogP contribution in [0.3, 0.4) is 0 Å². The molecule has 1 amide bonds. The predicted molar refractivity (Wildman–Crippen MR) is 154 cm³/mol. The van der Waals surface area contributed by atoms with Crippen LogP contribution in [-0.2, 0) is 10.0 Å². The van der Waals surface area contributed by atoms with Gasteiger partial charge in [-0.15, -0.1) is 0 Å². The number of nitrogens with one attached hydrogen (secondary N) is 3. The highest BCUT2D eigenvalue weighted by Crippen LogP contribution is 2.25. The molecule has 4 aromatic rings. The summed E-state index contributed by atoms with van der Waals surface area (Å²) in [5, 5.41) is 9.20. The molecule has 204 valence electrons. The van der Waals surface area contributed by atoms with Crippen LogP contribution in [0.5, 0.6) is 0 Å². The average molecular weight is 568 g/mol. The molecule has 3 heterocycles. The van der Waals surface area contributed by atoms with Crippen molar-refractivity contribution in [3.8, 4) is 0 Å². The van der Waals surface area contributed by atoms with Gasteiger partial charge in [0, 0.05) is 74.3 Å². The second kappa shape index (κ2) is 11.8. The van der Waals surface area contributed by atoms with Gasteiger partial charge >= 0.3 is 0 Å². The molecular weight excluding hydrogens is 538 g/mol. The number of sulfonamides is 1. The van der Waals surface area contributed by atoms with Gasteiger partial charge in [-0.2, -0.15) is 4.31 Å². The van der Waals surface area contributed by atoms with Crippen molar-refractivity contribution in [2.24, 2.45) is 0 Å². The largest absolute Gasteiger partial charge is 0.350 e. The van der Waals surface area contributed by atoms with Crippen molar-refractivity contribution in [3.05, 3.63) is 87.7 Å². The lowest BCUT2D eigenvalue weighted by atomic mass is 10.1. The maximum Gasteiger partial charge on any atom is 0.270 e. The smallest absolute Gasteiger partial charge is 0.270 e. The summed E-state index contributed by atoms with van der Waals surface area (Å²) < 4.78 is 27.8. The fraction of sp³-hybridized carbons (Fsp3) is 0.286. The molecule has 3 N–H and O–H groups in total. The molecule has 11 heteroatoms. The third kappa shape index (κ3) is 6.15. The van der Waals surface area contributed by atoms with E-state index in [4.69, 9.17) is 11.6 Å². The number of aromatic amines is 1. The van der Waals surface area contributed by atoms with Crippen LogP contribution in [-0.4, -0.2) is 80.9 Å². The Hall–Kier alpha value is -3.28. The van der Waals surface area contributed by atoms with Gasteiger partial charge in [0.25, 0.3) is 5.91 Å². The summed E-state index contributed by atoms with van der Waals surface area (Å²) >= 11 is 6.01. The van der Waals surface area contributed by atoms with Gasteiger partial charge in [0.15, 0.2) is 5.43 Å². The standard InChI is InChI=1S/C24H20ClN3O4S.C4H10N2/c25-18-7-5-17-14-19(8-6-16(17)13-18)33(31,32)28-11-9-27(10-12-28)24(30)22-15-23(29)20-3-1-2-4-21(20)26-22;1-2-6-4-3-5-1/h1-8,13-15H,9-12H2,(H,26,29);5-6H,1-4H2. The summed E-state index contributed by atoms with van der Waals surface area (Å²) in [6.45, 7) is 5.36. The summed E-state index contributed by atoms with van der Waals surface area (Å²) in [5.74, 6) is -0.322. The Kier molecular flexibility index (Phi) is 8.29. The van der Waals surface area contributed by atoms with Gasteiger partial charge < -0.3 is 20.5 Å². The van der Waals surface area contributed by atoms with E-state index in [1.165, 1.54) is 10.4 Å². The Bertz CT molecular complexity index is 1650. The number of halogens is 1. The first-order chi connectivity index (χ1) is 18.8. The molecule has 39 heavy (non-hydrogen) atoms. The van der Waals surface area contributed by atoms with Crippen LogP contribution < -0.4 is 16.1 Å². The van der Waals surface area contributed by atoms with E-state index in [0.717, 1.165) is 37.0 Å². The Morgan fingerprint density at radius 2 is 1.44 bits per heavy atom. The van der Waals surface area contributed by atoms with Crippen molar-refractivity contribution in [1.29, 1.82) is 0 Å². The van der Waals surface area contributed by atoms with E-state index in [-0.39, 0.29) is 48.1 Å². The lowest BCUT2D eigenvalue weighted by Gasteiger charge is -2.34. The van der Waals surface area contributed by atoms with Gasteiger partial charge in [-0.25, -0.2) is 8.42 Å². The summed E-state index contributed by atoms with van der Waals surface area (Å²) in [6.07, 6.45) is 0. The van der Waals surface area contributed by atoms with E-state index in [9.17, 15) is 18.0 Å². The Balaban J connectivity index is 0.000000455. The number of H-pyrrole nitrogens is 1. The van der Waals surface area contributed by atoms with Gasteiger partial charge in [-0.3, -0.25) is 9.59 Å². The third-order valence-corrected chi connectivity index (χ3v) is 8.99. The van der Waals surface area contributed by atoms with Crippen molar-refractivity contribution in [2.75, 3.05) is 52.4 Å². The van der Waals surface area contributed by atoms with Gasteiger partial charge in [-0.1, -0.05) is 35.9 Å². The molecule has 0 atom stereocenters. The number of rotatable bonds is 3. The first kappa shape index (κ1) is 27.3. The zero-order valence-electron chi connectivity index (χ0n) is 21.3.